The lowest BCUT2D eigenvalue weighted by Crippen LogP contribution is -2.39. The summed E-state index contributed by atoms with van der Waals surface area (Å²) in [6, 6.07) is 49.4. The number of anilines is 1. The maximum atomic E-state index is 17.5. The van der Waals surface area contributed by atoms with Gasteiger partial charge in [-0.05, 0) is 65.1 Å². The van der Waals surface area contributed by atoms with Gasteiger partial charge in [-0.1, -0.05) is 122 Å². The highest BCUT2D eigenvalue weighted by Crippen LogP contribution is 2.45. The number of carbonyl (C=O) groups excluding carboxylic acids is 1. The van der Waals surface area contributed by atoms with Gasteiger partial charge < -0.3 is 25.1 Å². The van der Waals surface area contributed by atoms with Crippen molar-refractivity contribution in [3.05, 3.63) is 208 Å². The number of nitrogens with one attached hydrogen (secondary N) is 1. The third-order valence-electron chi connectivity index (χ3n) is 10.7. The second-order valence-electron chi connectivity index (χ2n) is 14.3. The molecule has 1 aromatic heterocycles. The standard InChI is InChI=1S/C49H42FN5O3/c1-2-33-28-42(45(50)44(29-33)58-39-26-27-57-32-39)46(53-38-24-22-34(30-51)23-25-38)48-54-43(40-20-12-13-21-41(40)47(52)56)31-55(48)49(35-14-6-3-7-15-35,36-16-8-4-9-17-36)37-18-10-5-11-19-37/h3-25,28-29,31,39,46,53H,2,26-27,32H2,1H3,(H2,52,56)/t39-,46?/m0/s1. The van der Waals surface area contributed by atoms with Gasteiger partial charge >= 0.3 is 0 Å². The summed E-state index contributed by atoms with van der Waals surface area (Å²) in [6.07, 6.45) is 2.91. The van der Waals surface area contributed by atoms with Crippen LogP contribution in [0.25, 0.3) is 11.3 Å². The molecular weight excluding hydrogens is 726 g/mol. The van der Waals surface area contributed by atoms with Gasteiger partial charge in [0, 0.05) is 35.0 Å². The van der Waals surface area contributed by atoms with E-state index in [9.17, 15) is 10.1 Å². The van der Waals surface area contributed by atoms with Gasteiger partial charge in [-0.25, -0.2) is 9.37 Å². The number of ether oxygens (including phenoxy) is 2. The monoisotopic (exact) mass is 767 g/mol. The van der Waals surface area contributed by atoms with E-state index in [4.69, 9.17) is 20.2 Å². The summed E-state index contributed by atoms with van der Waals surface area (Å²) in [6.45, 7) is 2.94. The zero-order valence-corrected chi connectivity index (χ0v) is 32.0. The zero-order chi connectivity index (χ0) is 40.1. The van der Waals surface area contributed by atoms with Crippen LogP contribution in [0.4, 0.5) is 10.1 Å². The van der Waals surface area contributed by atoms with E-state index in [-0.39, 0.29) is 11.9 Å². The number of aryl methyl sites for hydroxylation is 1. The summed E-state index contributed by atoms with van der Waals surface area (Å²) in [7, 11) is 0. The Kier molecular flexibility index (Phi) is 10.8. The number of hydrogen-bond acceptors (Lipinski definition) is 6. The maximum Gasteiger partial charge on any atom is 0.249 e. The summed E-state index contributed by atoms with van der Waals surface area (Å²) < 4.78 is 31.6. The van der Waals surface area contributed by atoms with Gasteiger partial charge in [-0.15, -0.1) is 0 Å². The van der Waals surface area contributed by atoms with Gasteiger partial charge in [-0.2, -0.15) is 5.26 Å². The van der Waals surface area contributed by atoms with E-state index in [0.717, 1.165) is 22.3 Å². The first-order valence-corrected chi connectivity index (χ1v) is 19.4. The van der Waals surface area contributed by atoms with Gasteiger partial charge in [0.1, 0.15) is 23.5 Å². The van der Waals surface area contributed by atoms with Crippen LogP contribution in [0.3, 0.4) is 0 Å². The molecular formula is C49H42FN5O3. The van der Waals surface area contributed by atoms with Crippen molar-refractivity contribution in [2.75, 3.05) is 18.5 Å². The third kappa shape index (κ3) is 7.22. The van der Waals surface area contributed by atoms with Crippen LogP contribution in [-0.4, -0.2) is 34.8 Å². The van der Waals surface area contributed by atoms with E-state index < -0.39 is 23.3 Å². The summed E-state index contributed by atoms with van der Waals surface area (Å²) in [5.74, 6) is -0.556. The van der Waals surface area contributed by atoms with E-state index >= 15 is 4.39 Å². The largest absolute Gasteiger partial charge is 0.485 e. The van der Waals surface area contributed by atoms with Crippen LogP contribution in [0.1, 0.15) is 68.9 Å². The van der Waals surface area contributed by atoms with Gasteiger partial charge in [0.05, 0.1) is 30.5 Å². The number of amides is 1. The van der Waals surface area contributed by atoms with E-state index in [1.54, 1.807) is 42.5 Å². The molecule has 3 N–H and O–H groups in total. The molecule has 288 valence electrons. The molecule has 6 aromatic carbocycles. The number of benzene rings is 6. The Labute approximate surface area is 337 Å². The lowest BCUT2D eigenvalue weighted by Gasteiger charge is -2.39. The molecule has 8 rings (SSSR count). The molecule has 1 aliphatic heterocycles. The molecule has 0 spiro atoms. The molecule has 0 aliphatic carbocycles. The van der Waals surface area contributed by atoms with Crippen LogP contribution in [0, 0.1) is 17.1 Å². The van der Waals surface area contributed by atoms with Crippen molar-refractivity contribution < 1.29 is 18.7 Å². The first-order valence-electron chi connectivity index (χ1n) is 19.4. The molecule has 0 saturated carbocycles. The summed E-state index contributed by atoms with van der Waals surface area (Å²) in [4.78, 5) is 18.4. The third-order valence-corrected chi connectivity index (χ3v) is 10.7. The van der Waals surface area contributed by atoms with Crippen molar-refractivity contribution in [2.45, 2.75) is 37.5 Å². The molecule has 8 nitrogen and oxygen atoms in total. The number of halogens is 1. The lowest BCUT2D eigenvalue weighted by atomic mass is 9.76. The number of nitriles is 1. The average Bonchev–Trinajstić information content (AvgIpc) is 3.96. The maximum absolute atomic E-state index is 17.5. The second-order valence-corrected chi connectivity index (χ2v) is 14.3. The molecule has 0 bridgehead atoms. The highest BCUT2D eigenvalue weighted by Gasteiger charge is 2.42. The minimum absolute atomic E-state index is 0.134. The molecule has 7 aromatic rings. The summed E-state index contributed by atoms with van der Waals surface area (Å²) >= 11 is 0. The Hall–Kier alpha value is -7.02. The zero-order valence-electron chi connectivity index (χ0n) is 32.0. The number of imidazole rings is 1. The first kappa shape index (κ1) is 37.9. The van der Waals surface area contributed by atoms with Crippen LogP contribution in [0.5, 0.6) is 5.75 Å². The first-order chi connectivity index (χ1) is 28.4. The van der Waals surface area contributed by atoms with Crippen molar-refractivity contribution >= 4 is 11.6 Å². The SMILES string of the molecule is CCc1cc(O[C@H]2CCOC2)c(F)c(C(Nc2ccc(C#N)cc2)c2nc(-c3ccccc3C(N)=O)cn2C(c2ccccc2)(c2ccccc2)c2ccccc2)c1. The van der Waals surface area contributed by atoms with Crippen LogP contribution in [-0.2, 0) is 16.7 Å². The topological polar surface area (TPSA) is 115 Å². The van der Waals surface area contributed by atoms with E-state index in [1.807, 2.05) is 85.9 Å². The fraction of sp³-hybridized carbons (Fsp3) is 0.163. The Morgan fingerprint density at radius 2 is 1.52 bits per heavy atom. The van der Waals surface area contributed by atoms with Crippen molar-refractivity contribution in [3.8, 4) is 23.1 Å². The van der Waals surface area contributed by atoms with Crippen LogP contribution >= 0.6 is 0 Å². The molecule has 1 saturated heterocycles. The number of primary amides is 1. The fourth-order valence-electron chi connectivity index (χ4n) is 7.93. The van der Waals surface area contributed by atoms with Crippen molar-refractivity contribution in [2.24, 2.45) is 5.73 Å². The number of hydrogen-bond donors (Lipinski definition) is 2. The minimum atomic E-state index is -1.09. The Morgan fingerprint density at radius 1 is 0.914 bits per heavy atom. The average molecular weight is 768 g/mol. The molecule has 2 heterocycles. The molecule has 0 radical (unpaired) electrons. The van der Waals surface area contributed by atoms with E-state index in [0.29, 0.717) is 65.5 Å². The molecule has 9 heteroatoms. The van der Waals surface area contributed by atoms with Gasteiger partial charge in [0.2, 0.25) is 5.91 Å². The van der Waals surface area contributed by atoms with Crippen molar-refractivity contribution in [1.82, 2.24) is 9.55 Å². The predicted molar refractivity (Wildman–Crippen MR) is 223 cm³/mol. The number of nitrogens with two attached hydrogens (primary N) is 1. The molecule has 2 atom stereocenters. The highest BCUT2D eigenvalue weighted by molar-refractivity contribution is 5.99. The Morgan fingerprint density at radius 3 is 2.07 bits per heavy atom. The Bertz CT molecular complexity index is 2470. The van der Waals surface area contributed by atoms with Crippen LogP contribution in [0.15, 0.2) is 158 Å². The normalized spacial score (nSPS) is 14.4. The van der Waals surface area contributed by atoms with Crippen molar-refractivity contribution in [1.29, 1.82) is 5.26 Å². The quantitative estimate of drug-likeness (QED) is 0.113. The van der Waals surface area contributed by atoms with Crippen molar-refractivity contribution in [3.63, 3.8) is 0 Å². The highest BCUT2D eigenvalue weighted by atomic mass is 19.1. The molecule has 1 fully saturated rings. The molecule has 1 aliphatic rings. The van der Waals surface area contributed by atoms with E-state index in [2.05, 4.69) is 52.4 Å². The molecule has 1 unspecified atom stereocenters. The summed E-state index contributed by atoms with van der Waals surface area (Å²) in [5, 5.41) is 13.3. The molecule has 58 heavy (non-hydrogen) atoms. The lowest BCUT2D eigenvalue weighted by molar-refractivity contribution is 0.100. The van der Waals surface area contributed by atoms with Gasteiger partial charge in [-0.3, -0.25) is 4.79 Å². The number of rotatable bonds is 13. The molecule has 1 amide bonds. The predicted octanol–water partition coefficient (Wildman–Crippen LogP) is 9.43. The van der Waals surface area contributed by atoms with Gasteiger partial charge in [0.15, 0.2) is 11.6 Å². The van der Waals surface area contributed by atoms with E-state index in [1.165, 1.54) is 0 Å². The fourth-order valence-corrected chi connectivity index (χ4v) is 7.93. The van der Waals surface area contributed by atoms with Gasteiger partial charge in [0.25, 0.3) is 0 Å². The number of carbonyl (C=O) groups is 1. The summed E-state index contributed by atoms with van der Waals surface area (Å²) in [5.41, 5.74) is 11.3. The van der Waals surface area contributed by atoms with Crippen LogP contribution < -0.4 is 15.8 Å². The smallest absolute Gasteiger partial charge is 0.249 e. The minimum Gasteiger partial charge on any atom is -0.485 e. The van der Waals surface area contributed by atoms with Crippen LogP contribution in [0.2, 0.25) is 0 Å². The number of aromatic nitrogens is 2. The number of nitrogens with zero attached hydrogens (tertiary/aromatic N) is 3. The second kappa shape index (κ2) is 16.6. The Balaban J connectivity index is 1.49.